The Morgan fingerprint density at radius 2 is 2.00 bits per heavy atom. The van der Waals surface area contributed by atoms with E-state index >= 15 is 0 Å². The zero-order valence-corrected chi connectivity index (χ0v) is 9.96. The zero-order chi connectivity index (χ0) is 13.5. The van der Waals surface area contributed by atoms with E-state index in [1.165, 1.54) is 0 Å². The summed E-state index contributed by atoms with van der Waals surface area (Å²) in [5.41, 5.74) is 0.396. The molecule has 1 rings (SSSR count). The van der Waals surface area contributed by atoms with E-state index < -0.39 is 23.8 Å². The minimum atomic E-state index is -1.14. The van der Waals surface area contributed by atoms with Gasteiger partial charge in [0.25, 0.3) is 5.91 Å². The quantitative estimate of drug-likeness (QED) is 0.822. The topological polar surface area (TPSA) is 90.2 Å². The number of hydrogen-bond acceptors (Lipinski definition) is 3. The molecular formula is C13H14N2O3. The number of amides is 1. The molecule has 0 heterocycles. The first-order chi connectivity index (χ1) is 8.56. The molecule has 0 radical (unpaired) electrons. The van der Waals surface area contributed by atoms with Crippen LogP contribution in [0.15, 0.2) is 30.3 Å². The van der Waals surface area contributed by atoms with Gasteiger partial charge in [0, 0.05) is 17.9 Å². The maximum Gasteiger partial charge on any atom is 0.326 e. The molecule has 0 saturated heterocycles. The number of nitrogens with zero attached hydrogens (tertiary/aromatic N) is 1. The highest BCUT2D eigenvalue weighted by atomic mass is 16.4. The van der Waals surface area contributed by atoms with Crippen LogP contribution < -0.4 is 5.32 Å². The molecule has 0 saturated carbocycles. The molecule has 0 aliphatic carbocycles. The van der Waals surface area contributed by atoms with Crippen molar-refractivity contribution < 1.29 is 14.7 Å². The van der Waals surface area contributed by atoms with Crippen LogP contribution in [-0.4, -0.2) is 23.0 Å². The lowest BCUT2D eigenvalue weighted by molar-refractivity contribution is -0.140. The normalized spacial score (nSPS) is 13.1. The van der Waals surface area contributed by atoms with Crippen LogP contribution in [0.2, 0.25) is 0 Å². The average Bonchev–Trinajstić information content (AvgIpc) is 2.36. The average molecular weight is 246 g/mol. The van der Waals surface area contributed by atoms with E-state index in [9.17, 15) is 9.59 Å². The Balaban J connectivity index is 2.77. The lowest BCUT2D eigenvalue weighted by atomic mass is 9.98. The van der Waals surface area contributed by atoms with Crippen LogP contribution in [0.4, 0.5) is 0 Å². The molecule has 0 aromatic heterocycles. The van der Waals surface area contributed by atoms with Crippen molar-refractivity contribution in [2.24, 2.45) is 5.92 Å². The van der Waals surface area contributed by atoms with E-state index in [1.807, 2.05) is 6.07 Å². The molecule has 18 heavy (non-hydrogen) atoms. The van der Waals surface area contributed by atoms with Gasteiger partial charge in [0.2, 0.25) is 0 Å². The van der Waals surface area contributed by atoms with Crippen molar-refractivity contribution in [1.29, 1.82) is 5.26 Å². The van der Waals surface area contributed by atoms with Crippen molar-refractivity contribution >= 4 is 11.9 Å². The van der Waals surface area contributed by atoms with Gasteiger partial charge in [-0.05, 0) is 12.1 Å². The molecule has 0 aliphatic rings. The summed E-state index contributed by atoms with van der Waals surface area (Å²) in [6.45, 7) is 1.62. The molecule has 0 unspecified atom stereocenters. The molecule has 1 aromatic carbocycles. The van der Waals surface area contributed by atoms with Gasteiger partial charge >= 0.3 is 5.97 Å². The second-order valence-corrected chi connectivity index (χ2v) is 3.99. The fourth-order valence-corrected chi connectivity index (χ4v) is 1.52. The second kappa shape index (κ2) is 6.40. The van der Waals surface area contributed by atoms with Crippen LogP contribution in [0.1, 0.15) is 23.7 Å². The lowest BCUT2D eigenvalue weighted by Crippen LogP contribution is -2.45. The molecule has 0 aliphatic heterocycles. The molecule has 5 nitrogen and oxygen atoms in total. The summed E-state index contributed by atoms with van der Waals surface area (Å²) in [6.07, 6.45) is 0.0754. The van der Waals surface area contributed by atoms with Gasteiger partial charge in [-0.1, -0.05) is 25.1 Å². The van der Waals surface area contributed by atoms with E-state index in [0.717, 1.165) is 0 Å². The van der Waals surface area contributed by atoms with Crippen molar-refractivity contribution in [2.45, 2.75) is 19.4 Å². The molecule has 94 valence electrons. The molecule has 1 amide bonds. The zero-order valence-electron chi connectivity index (χ0n) is 9.96. The van der Waals surface area contributed by atoms with Gasteiger partial charge in [-0.2, -0.15) is 5.26 Å². The van der Waals surface area contributed by atoms with Gasteiger partial charge < -0.3 is 10.4 Å². The number of carboxylic acid groups (broad SMARTS) is 1. The maximum atomic E-state index is 11.8. The van der Waals surface area contributed by atoms with Crippen LogP contribution in [0.5, 0.6) is 0 Å². The highest BCUT2D eigenvalue weighted by Crippen LogP contribution is 2.09. The minimum Gasteiger partial charge on any atom is -0.480 e. The standard InChI is InChI=1S/C13H14N2O3/c1-9(7-8-14)11(13(17)18)15-12(16)10-5-3-2-4-6-10/h2-6,9,11H,7H2,1H3,(H,15,16)(H,17,18)/t9-,11+/m1/s1. The SMILES string of the molecule is C[C@H](CC#N)[C@H](NC(=O)c1ccccc1)C(=O)O. The fraction of sp³-hybridized carbons (Fsp3) is 0.308. The lowest BCUT2D eigenvalue weighted by Gasteiger charge is -2.19. The molecular weight excluding hydrogens is 232 g/mol. The van der Waals surface area contributed by atoms with Crippen molar-refractivity contribution in [3.05, 3.63) is 35.9 Å². The Morgan fingerprint density at radius 1 is 1.39 bits per heavy atom. The Hall–Kier alpha value is -2.35. The second-order valence-electron chi connectivity index (χ2n) is 3.99. The fourth-order valence-electron chi connectivity index (χ4n) is 1.52. The highest BCUT2D eigenvalue weighted by Gasteiger charge is 2.26. The van der Waals surface area contributed by atoms with E-state index in [1.54, 1.807) is 37.3 Å². The van der Waals surface area contributed by atoms with Crippen LogP contribution in [0.25, 0.3) is 0 Å². The number of carbonyl (C=O) groups is 2. The third-order valence-corrected chi connectivity index (χ3v) is 2.57. The largest absolute Gasteiger partial charge is 0.480 e. The smallest absolute Gasteiger partial charge is 0.326 e. The van der Waals surface area contributed by atoms with Gasteiger partial charge in [-0.25, -0.2) is 4.79 Å². The summed E-state index contributed by atoms with van der Waals surface area (Å²) < 4.78 is 0. The van der Waals surface area contributed by atoms with E-state index in [4.69, 9.17) is 10.4 Å². The summed E-state index contributed by atoms with van der Waals surface area (Å²) in [5, 5.41) is 20.0. The van der Waals surface area contributed by atoms with Gasteiger partial charge in [0.05, 0.1) is 6.07 Å². The Bertz CT molecular complexity index is 465. The van der Waals surface area contributed by atoms with Crippen LogP contribution in [-0.2, 0) is 4.79 Å². The molecule has 1 aromatic rings. The first kappa shape index (κ1) is 13.7. The summed E-state index contributed by atoms with van der Waals surface area (Å²) in [6, 6.07) is 9.21. The van der Waals surface area contributed by atoms with E-state index in [0.29, 0.717) is 5.56 Å². The molecule has 0 spiro atoms. The van der Waals surface area contributed by atoms with E-state index in [-0.39, 0.29) is 6.42 Å². The van der Waals surface area contributed by atoms with Crippen LogP contribution in [0.3, 0.4) is 0 Å². The number of carboxylic acids is 1. The Labute approximate surface area is 105 Å². The predicted octanol–water partition coefficient (Wildman–Crippen LogP) is 1.42. The predicted molar refractivity (Wildman–Crippen MR) is 64.7 cm³/mol. The number of hydrogen-bond donors (Lipinski definition) is 2. The number of carbonyl (C=O) groups excluding carboxylic acids is 1. The number of aliphatic carboxylic acids is 1. The Morgan fingerprint density at radius 3 is 2.50 bits per heavy atom. The first-order valence-corrected chi connectivity index (χ1v) is 5.52. The third-order valence-electron chi connectivity index (χ3n) is 2.57. The summed E-state index contributed by atoms with van der Waals surface area (Å²) in [4.78, 5) is 22.9. The van der Waals surface area contributed by atoms with Crippen molar-refractivity contribution in [3.63, 3.8) is 0 Å². The molecule has 5 heteroatoms. The summed E-state index contributed by atoms with van der Waals surface area (Å²) in [7, 11) is 0. The number of rotatable bonds is 5. The number of nitriles is 1. The Kier molecular flexibility index (Phi) is 4.88. The summed E-state index contributed by atoms with van der Waals surface area (Å²) >= 11 is 0. The monoisotopic (exact) mass is 246 g/mol. The van der Waals surface area contributed by atoms with Gasteiger partial charge in [-0.15, -0.1) is 0 Å². The third kappa shape index (κ3) is 3.59. The minimum absolute atomic E-state index is 0.0754. The molecule has 2 N–H and O–H groups in total. The van der Waals surface area contributed by atoms with Crippen molar-refractivity contribution in [1.82, 2.24) is 5.32 Å². The van der Waals surface area contributed by atoms with Crippen molar-refractivity contribution in [2.75, 3.05) is 0 Å². The van der Waals surface area contributed by atoms with E-state index in [2.05, 4.69) is 5.32 Å². The van der Waals surface area contributed by atoms with Crippen LogP contribution >= 0.6 is 0 Å². The summed E-state index contributed by atoms with van der Waals surface area (Å²) in [5.74, 6) is -2.03. The molecule has 0 bridgehead atoms. The highest BCUT2D eigenvalue weighted by molar-refractivity contribution is 5.96. The first-order valence-electron chi connectivity index (χ1n) is 5.52. The van der Waals surface area contributed by atoms with Crippen LogP contribution in [0, 0.1) is 17.2 Å². The number of nitrogens with one attached hydrogen (secondary N) is 1. The van der Waals surface area contributed by atoms with Gasteiger partial charge in [-0.3, -0.25) is 4.79 Å². The van der Waals surface area contributed by atoms with Gasteiger partial charge in [0.1, 0.15) is 6.04 Å². The molecule has 0 fully saturated rings. The molecule has 2 atom stereocenters. The maximum absolute atomic E-state index is 11.8. The van der Waals surface area contributed by atoms with Gasteiger partial charge in [0.15, 0.2) is 0 Å². The van der Waals surface area contributed by atoms with Crippen molar-refractivity contribution in [3.8, 4) is 6.07 Å². The number of benzene rings is 1.